The molecule has 3 aromatic rings. The van der Waals surface area contributed by atoms with Crippen LogP contribution in [0.15, 0.2) is 48.5 Å². The van der Waals surface area contributed by atoms with Gasteiger partial charge in [0.15, 0.2) is 0 Å². The van der Waals surface area contributed by atoms with E-state index in [9.17, 15) is 22.4 Å². The fourth-order valence-electron chi connectivity index (χ4n) is 2.68. The molecule has 0 atom stereocenters. The molecular weight excluding hydrogens is 350 g/mol. The molecule has 1 aromatic heterocycles. The van der Waals surface area contributed by atoms with Crippen molar-refractivity contribution in [3.8, 4) is 0 Å². The molecule has 0 aliphatic heterocycles. The number of fused-ring (bicyclic) bond motifs is 1. The number of rotatable bonds is 4. The van der Waals surface area contributed by atoms with Gasteiger partial charge in [0, 0.05) is 19.2 Å². The number of likely N-dealkylation sites (N-methyl/N-ethyl adjacent to an activating group) is 1. The van der Waals surface area contributed by atoms with Crippen molar-refractivity contribution in [1.29, 1.82) is 0 Å². The molecular formula is C18H15F4N3O. The molecule has 4 nitrogen and oxygen atoms in total. The van der Waals surface area contributed by atoms with Gasteiger partial charge in [-0.1, -0.05) is 30.3 Å². The number of para-hydroxylation sites is 2. The highest BCUT2D eigenvalue weighted by molar-refractivity contribution is 5.81. The van der Waals surface area contributed by atoms with E-state index in [2.05, 4.69) is 4.98 Å². The average Bonchev–Trinajstić information content (AvgIpc) is 2.96. The lowest BCUT2D eigenvalue weighted by Gasteiger charge is -2.19. The summed E-state index contributed by atoms with van der Waals surface area (Å²) in [5.74, 6) is -2.19. The number of carbonyl (C=O) groups is 1. The molecule has 3 rings (SSSR count). The number of hydrogen-bond acceptors (Lipinski definition) is 2. The molecule has 0 aliphatic rings. The van der Waals surface area contributed by atoms with E-state index in [1.165, 1.54) is 42.3 Å². The van der Waals surface area contributed by atoms with Crippen LogP contribution in [0.2, 0.25) is 0 Å². The standard InChI is InChI=1S/C18H15F4N3O/c1-24(10-12-6-2-3-7-13(12)19)16(26)11-25-15-9-5-4-8-14(15)23-17(25)18(20,21)22/h2-9H,10-11H2,1H3. The first-order chi connectivity index (χ1) is 12.3. The molecule has 1 heterocycles. The second-order valence-corrected chi connectivity index (χ2v) is 5.85. The van der Waals surface area contributed by atoms with E-state index in [0.717, 1.165) is 4.57 Å². The normalized spacial score (nSPS) is 11.7. The lowest BCUT2D eigenvalue weighted by atomic mass is 10.2. The fourth-order valence-corrected chi connectivity index (χ4v) is 2.68. The van der Waals surface area contributed by atoms with Crippen molar-refractivity contribution in [3.63, 3.8) is 0 Å². The second kappa shape index (κ2) is 6.78. The van der Waals surface area contributed by atoms with Gasteiger partial charge in [0.1, 0.15) is 12.4 Å². The van der Waals surface area contributed by atoms with E-state index < -0.39 is 30.3 Å². The summed E-state index contributed by atoms with van der Waals surface area (Å²) in [5.41, 5.74) is 0.659. The third-order valence-corrected chi connectivity index (χ3v) is 3.99. The van der Waals surface area contributed by atoms with E-state index in [4.69, 9.17) is 0 Å². The molecule has 0 spiro atoms. The van der Waals surface area contributed by atoms with E-state index in [0.29, 0.717) is 0 Å². The molecule has 0 N–H and O–H groups in total. The maximum atomic E-state index is 13.7. The summed E-state index contributed by atoms with van der Waals surface area (Å²) in [5, 5.41) is 0. The Hall–Kier alpha value is -2.90. The molecule has 0 saturated heterocycles. The highest BCUT2D eigenvalue weighted by Crippen LogP contribution is 2.31. The van der Waals surface area contributed by atoms with Gasteiger partial charge in [-0.15, -0.1) is 0 Å². The van der Waals surface area contributed by atoms with Crippen LogP contribution in [0, 0.1) is 5.82 Å². The molecule has 0 radical (unpaired) electrons. The number of nitrogens with zero attached hydrogens (tertiary/aromatic N) is 3. The van der Waals surface area contributed by atoms with Crippen molar-refractivity contribution in [1.82, 2.24) is 14.5 Å². The first-order valence-corrected chi connectivity index (χ1v) is 7.77. The predicted octanol–water partition coefficient (Wildman–Crippen LogP) is 3.85. The highest BCUT2D eigenvalue weighted by Gasteiger charge is 2.38. The number of carbonyl (C=O) groups excluding carboxylic acids is 1. The van der Waals surface area contributed by atoms with Crippen LogP contribution < -0.4 is 0 Å². The summed E-state index contributed by atoms with van der Waals surface area (Å²) < 4.78 is 54.4. The maximum Gasteiger partial charge on any atom is 0.449 e. The van der Waals surface area contributed by atoms with Crippen LogP contribution in [0.25, 0.3) is 11.0 Å². The minimum atomic E-state index is -4.69. The Labute approximate surface area is 146 Å². The monoisotopic (exact) mass is 365 g/mol. The van der Waals surface area contributed by atoms with Crippen molar-refractivity contribution in [3.05, 3.63) is 65.7 Å². The maximum absolute atomic E-state index is 13.7. The van der Waals surface area contributed by atoms with E-state index in [1.807, 2.05) is 0 Å². The number of hydrogen-bond donors (Lipinski definition) is 0. The first kappa shape index (κ1) is 17.9. The smallest absolute Gasteiger partial charge is 0.340 e. The Morgan fingerprint density at radius 2 is 1.77 bits per heavy atom. The molecule has 0 aliphatic carbocycles. The molecule has 2 aromatic carbocycles. The third-order valence-electron chi connectivity index (χ3n) is 3.99. The van der Waals surface area contributed by atoms with Gasteiger partial charge < -0.3 is 9.47 Å². The Morgan fingerprint density at radius 1 is 1.12 bits per heavy atom. The Bertz CT molecular complexity index is 949. The summed E-state index contributed by atoms with van der Waals surface area (Å²) in [4.78, 5) is 17.2. The number of alkyl halides is 3. The molecule has 0 unspecified atom stereocenters. The van der Waals surface area contributed by atoms with Gasteiger partial charge in [0.05, 0.1) is 11.0 Å². The van der Waals surface area contributed by atoms with Crippen molar-refractivity contribution in [2.24, 2.45) is 0 Å². The van der Waals surface area contributed by atoms with Crippen LogP contribution in [-0.2, 0) is 24.1 Å². The quantitative estimate of drug-likeness (QED) is 0.659. The second-order valence-electron chi connectivity index (χ2n) is 5.85. The lowest BCUT2D eigenvalue weighted by molar-refractivity contribution is -0.148. The molecule has 0 bridgehead atoms. The SMILES string of the molecule is CN(Cc1ccccc1F)C(=O)Cn1c(C(F)(F)F)nc2ccccc21. The van der Waals surface area contributed by atoms with Gasteiger partial charge in [-0.25, -0.2) is 9.37 Å². The lowest BCUT2D eigenvalue weighted by Crippen LogP contribution is -2.31. The van der Waals surface area contributed by atoms with Crippen LogP contribution in [0.1, 0.15) is 11.4 Å². The van der Waals surface area contributed by atoms with Crippen molar-refractivity contribution >= 4 is 16.9 Å². The topological polar surface area (TPSA) is 38.1 Å². The van der Waals surface area contributed by atoms with Crippen LogP contribution in [0.4, 0.5) is 17.6 Å². The van der Waals surface area contributed by atoms with E-state index in [-0.39, 0.29) is 23.1 Å². The van der Waals surface area contributed by atoms with E-state index in [1.54, 1.807) is 18.2 Å². The highest BCUT2D eigenvalue weighted by atomic mass is 19.4. The van der Waals surface area contributed by atoms with Gasteiger partial charge in [0.25, 0.3) is 0 Å². The fraction of sp³-hybridized carbons (Fsp3) is 0.222. The summed E-state index contributed by atoms with van der Waals surface area (Å²) in [6, 6.07) is 12.0. The molecule has 136 valence electrons. The Balaban J connectivity index is 1.88. The number of imidazole rings is 1. The van der Waals surface area contributed by atoms with E-state index >= 15 is 0 Å². The molecule has 8 heteroatoms. The summed E-state index contributed by atoms with van der Waals surface area (Å²) >= 11 is 0. The van der Waals surface area contributed by atoms with Crippen LogP contribution in [0.5, 0.6) is 0 Å². The number of amides is 1. The Morgan fingerprint density at radius 3 is 2.46 bits per heavy atom. The molecule has 0 saturated carbocycles. The molecule has 0 fully saturated rings. The summed E-state index contributed by atoms with van der Waals surface area (Å²) in [6.45, 7) is -0.584. The molecule has 1 amide bonds. The average molecular weight is 365 g/mol. The molecule has 26 heavy (non-hydrogen) atoms. The van der Waals surface area contributed by atoms with Gasteiger partial charge in [0.2, 0.25) is 11.7 Å². The summed E-state index contributed by atoms with van der Waals surface area (Å²) in [6.07, 6.45) is -4.69. The largest absolute Gasteiger partial charge is 0.449 e. The van der Waals surface area contributed by atoms with Gasteiger partial charge >= 0.3 is 6.18 Å². The summed E-state index contributed by atoms with van der Waals surface area (Å²) in [7, 11) is 1.42. The predicted molar refractivity (Wildman–Crippen MR) is 87.6 cm³/mol. The minimum Gasteiger partial charge on any atom is -0.340 e. The third kappa shape index (κ3) is 3.54. The Kier molecular flexibility index (Phi) is 4.67. The van der Waals surface area contributed by atoms with Gasteiger partial charge in [-0.05, 0) is 18.2 Å². The van der Waals surface area contributed by atoms with Crippen molar-refractivity contribution in [2.75, 3.05) is 7.05 Å². The number of halogens is 4. The zero-order valence-corrected chi connectivity index (χ0v) is 13.8. The zero-order chi connectivity index (χ0) is 18.9. The van der Waals surface area contributed by atoms with Crippen LogP contribution in [-0.4, -0.2) is 27.4 Å². The van der Waals surface area contributed by atoms with Crippen LogP contribution in [0.3, 0.4) is 0 Å². The number of aromatic nitrogens is 2. The van der Waals surface area contributed by atoms with Gasteiger partial charge in [-0.2, -0.15) is 13.2 Å². The zero-order valence-electron chi connectivity index (χ0n) is 13.8. The van der Waals surface area contributed by atoms with Crippen molar-refractivity contribution < 1.29 is 22.4 Å². The van der Waals surface area contributed by atoms with Gasteiger partial charge in [-0.3, -0.25) is 4.79 Å². The van der Waals surface area contributed by atoms with Crippen molar-refractivity contribution in [2.45, 2.75) is 19.3 Å². The van der Waals surface area contributed by atoms with Crippen LogP contribution >= 0.6 is 0 Å². The first-order valence-electron chi connectivity index (χ1n) is 7.77. The number of benzene rings is 2. The minimum absolute atomic E-state index is 0.0422.